The summed E-state index contributed by atoms with van der Waals surface area (Å²) in [5, 5.41) is 0. The number of aromatic nitrogens is 2. The molecule has 2 heterocycles. The maximum atomic E-state index is 12.3. The molecule has 15 heteroatoms. The summed E-state index contributed by atoms with van der Waals surface area (Å²) in [4.78, 5) is 60.1. The van der Waals surface area contributed by atoms with Gasteiger partial charge in [-0.05, 0) is 0 Å². The fourth-order valence-corrected chi connectivity index (χ4v) is 3.39. The van der Waals surface area contributed by atoms with E-state index in [2.05, 4.69) is 0 Å². The van der Waals surface area contributed by atoms with Gasteiger partial charge in [-0.15, -0.1) is 0 Å². The molecule has 1 aliphatic heterocycles. The van der Waals surface area contributed by atoms with E-state index in [4.69, 9.17) is 24.1 Å². The van der Waals surface area contributed by atoms with Crippen LogP contribution in [0.4, 0.5) is 0 Å². The van der Waals surface area contributed by atoms with E-state index in [0.717, 1.165) is 26.3 Å². The van der Waals surface area contributed by atoms with Crippen LogP contribution >= 0.6 is 0 Å². The number of hydrogen-bond acceptors (Lipinski definition) is 11. The minimum Gasteiger partial charge on any atom is -0.463 e. The standard InChI is InChI=1S/C15H19N3O11S/c1-6(19)26-5-9-10(29-30(3,24)25)11(27-7(2)20)14(28-9)18-4-8(12(16)21)13(22)17-15(18)23/h4,9-11,14H,5H2,1-3H3,(H2,16,21)(H,17,22,23)/t9-,10+,11-,14-/m1/s1. The summed E-state index contributed by atoms with van der Waals surface area (Å²) in [6.07, 6.45) is -4.41. The summed E-state index contributed by atoms with van der Waals surface area (Å²) in [6, 6.07) is 0. The van der Waals surface area contributed by atoms with Crippen LogP contribution in [0.1, 0.15) is 30.4 Å². The number of amides is 1. The number of primary amides is 1. The number of nitrogens with one attached hydrogen (secondary N) is 1. The SMILES string of the molecule is CC(=O)OC[C@H]1O[C@@H](n2cc(C(N)=O)c(=O)[nH]c2=O)[C@H](OC(C)=O)[C@H]1OS(C)(=O)=O. The molecular formula is C15H19N3O11S. The molecule has 30 heavy (non-hydrogen) atoms. The van der Waals surface area contributed by atoms with Crippen LogP contribution in [-0.2, 0) is 38.1 Å². The van der Waals surface area contributed by atoms with Gasteiger partial charge in [-0.2, -0.15) is 8.42 Å². The lowest BCUT2D eigenvalue weighted by molar-refractivity contribution is -0.155. The molecule has 1 aromatic heterocycles. The largest absolute Gasteiger partial charge is 0.463 e. The molecule has 0 spiro atoms. The number of esters is 2. The maximum absolute atomic E-state index is 12.3. The minimum absolute atomic E-state index is 0.509. The molecule has 1 amide bonds. The Morgan fingerprint density at radius 2 is 1.83 bits per heavy atom. The number of aromatic amines is 1. The molecule has 14 nitrogen and oxygen atoms in total. The highest BCUT2D eigenvalue weighted by Crippen LogP contribution is 2.34. The molecule has 0 unspecified atom stereocenters. The van der Waals surface area contributed by atoms with Crippen LogP contribution in [0.15, 0.2) is 15.8 Å². The number of carbonyl (C=O) groups is 3. The summed E-state index contributed by atoms with van der Waals surface area (Å²) >= 11 is 0. The van der Waals surface area contributed by atoms with Crippen LogP contribution in [0, 0.1) is 0 Å². The minimum atomic E-state index is -4.12. The number of nitrogens with zero attached hydrogens (tertiary/aromatic N) is 1. The quantitative estimate of drug-likeness (QED) is 0.325. The molecule has 166 valence electrons. The Morgan fingerprint density at radius 1 is 1.20 bits per heavy atom. The monoisotopic (exact) mass is 449 g/mol. The van der Waals surface area contributed by atoms with E-state index in [1.807, 2.05) is 4.98 Å². The van der Waals surface area contributed by atoms with Gasteiger partial charge in [-0.25, -0.2) is 4.79 Å². The fraction of sp³-hybridized carbons (Fsp3) is 0.533. The van der Waals surface area contributed by atoms with Gasteiger partial charge in [0.2, 0.25) is 0 Å². The Balaban J connectivity index is 2.58. The molecule has 0 saturated carbocycles. The van der Waals surface area contributed by atoms with Crippen molar-refractivity contribution < 1.29 is 41.2 Å². The lowest BCUT2D eigenvalue weighted by Crippen LogP contribution is -2.43. The molecule has 0 aromatic carbocycles. The van der Waals surface area contributed by atoms with E-state index >= 15 is 0 Å². The molecule has 3 N–H and O–H groups in total. The number of nitrogens with two attached hydrogens (primary N) is 1. The summed E-state index contributed by atoms with van der Waals surface area (Å²) in [6.45, 7) is 1.59. The van der Waals surface area contributed by atoms with E-state index in [1.54, 1.807) is 0 Å². The van der Waals surface area contributed by atoms with E-state index in [-0.39, 0.29) is 0 Å². The highest BCUT2D eigenvalue weighted by atomic mass is 32.2. The predicted octanol–water partition coefficient (Wildman–Crippen LogP) is -2.63. The molecule has 2 rings (SSSR count). The first-order valence-corrected chi connectivity index (χ1v) is 10.1. The molecule has 1 aromatic rings. The predicted molar refractivity (Wildman–Crippen MR) is 95.7 cm³/mol. The van der Waals surface area contributed by atoms with Crippen molar-refractivity contribution in [3.63, 3.8) is 0 Å². The second-order valence-corrected chi connectivity index (χ2v) is 7.88. The van der Waals surface area contributed by atoms with Gasteiger partial charge in [-0.3, -0.25) is 32.9 Å². The smallest absolute Gasteiger partial charge is 0.330 e. The Labute approximate surface area is 169 Å². The molecule has 1 aliphatic rings. The third kappa shape index (κ3) is 5.52. The second kappa shape index (κ2) is 8.76. The van der Waals surface area contributed by atoms with Gasteiger partial charge in [0, 0.05) is 20.0 Å². The number of H-pyrrole nitrogens is 1. The Morgan fingerprint density at radius 3 is 2.33 bits per heavy atom. The summed E-state index contributed by atoms with van der Waals surface area (Å²) < 4.78 is 44.5. The highest BCUT2D eigenvalue weighted by Gasteiger charge is 2.51. The summed E-state index contributed by atoms with van der Waals surface area (Å²) in [5.41, 5.74) is 2.36. The van der Waals surface area contributed by atoms with Gasteiger partial charge in [0.15, 0.2) is 12.3 Å². The summed E-state index contributed by atoms with van der Waals surface area (Å²) in [5.74, 6) is -2.76. The van der Waals surface area contributed by atoms with Crippen LogP contribution in [-0.4, -0.2) is 67.0 Å². The molecule has 0 radical (unpaired) electrons. The molecule has 4 atom stereocenters. The molecule has 1 saturated heterocycles. The van der Waals surface area contributed by atoms with Gasteiger partial charge in [0.25, 0.3) is 21.6 Å². The zero-order valence-corrected chi connectivity index (χ0v) is 16.8. The van der Waals surface area contributed by atoms with Crippen LogP contribution in [0.3, 0.4) is 0 Å². The van der Waals surface area contributed by atoms with Crippen molar-refractivity contribution in [2.75, 3.05) is 12.9 Å². The zero-order chi connectivity index (χ0) is 22.8. The second-order valence-electron chi connectivity index (χ2n) is 6.28. The third-order valence-electron chi connectivity index (χ3n) is 3.83. The van der Waals surface area contributed by atoms with Gasteiger partial charge in [-0.1, -0.05) is 0 Å². The first-order valence-electron chi connectivity index (χ1n) is 8.29. The maximum Gasteiger partial charge on any atom is 0.330 e. The van der Waals surface area contributed by atoms with Crippen molar-refractivity contribution in [2.24, 2.45) is 5.73 Å². The van der Waals surface area contributed by atoms with Crippen molar-refractivity contribution >= 4 is 28.0 Å². The average Bonchev–Trinajstić information content (AvgIpc) is 2.88. The van der Waals surface area contributed by atoms with Gasteiger partial charge >= 0.3 is 17.6 Å². The lowest BCUT2D eigenvalue weighted by Gasteiger charge is -2.23. The normalized spacial score (nSPS) is 23.7. The highest BCUT2D eigenvalue weighted by molar-refractivity contribution is 7.86. The van der Waals surface area contributed by atoms with Crippen molar-refractivity contribution in [3.8, 4) is 0 Å². The Kier molecular flexibility index (Phi) is 6.79. The number of rotatable bonds is 7. The van der Waals surface area contributed by atoms with Crippen molar-refractivity contribution in [3.05, 3.63) is 32.6 Å². The van der Waals surface area contributed by atoms with Crippen molar-refractivity contribution in [1.29, 1.82) is 0 Å². The van der Waals surface area contributed by atoms with E-state index in [1.165, 1.54) is 0 Å². The van der Waals surface area contributed by atoms with E-state index in [9.17, 15) is 32.4 Å². The van der Waals surface area contributed by atoms with Crippen molar-refractivity contribution in [2.45, 2.75) is 38.4 Å². The van der Waals surface area contributed by atoms with Gasteiger partial charge < -0.3 is 19.9 Å². The number of hydrogen-bond donors (Lipinski definition) is 2. The lowest BCUT2D eigenvalue weighted by atomic mass is 10.1. The number of ether oxygens (including phenoxy) is 3. The van der Waals surface area contributed by atoms with Crippen LogP contribution < -0.4 is 17.0 Å². The molecule has 1 fully saturated rings. The van der Waals surface area contributed by atoms with Crippen LogP contribution in [0.25, 0.3) is 0 Å². The van der Waals surface area contributed by atoms with Crippen LogP contribution in [0.5, 0.6) is 0 Å². The van der Waals surface area contributed by atoms with E-state index in [0.29, 0.717) is 4.57 Å². The first-order chi connectivity index (χ1) is 13.8. The van der Waals surface area contributed by atoms with E-state index < -0.39 is 75.9 Å². The van der Waals surface area contributed by atoms with Crippen molar-refractivity contribution in [1.82, 2.24) is 9.55 Å². The average molecular weight is 449 g/mol. The third-order valence-corrected chi connectivity index (χ3v) is 4.40. The van der Waals surface area contributed by atoms with Crippen LogP contribution in [0.2, 0.25) is 0 Å². The fourth-order valence-electron chi connectivity index (χ4n) is 2.75. The van der Waals surface area contributed by atoms with Gasteiger partial charge in [0.05, 0.1) is 6.26 Å². The molecule has 0 bridgehead atoms. The topological polar surface area (TPSA) is 203 Å². The van der Waals surface area contributed by atoms with Gasteiger partial charge in [0.1, 0.15) is 24.4 Å². The first kappa shape index (κ1) is 23.2. The molecule has 0 aliphatic carbocycles. The number of carbonyl (C=O) groups excluding carboxylic acids is 3. The Bertz CT molecular complexity index is 1070. The Hall–Kier alpha value is -3.04. The molecular weight excluding hydrogens is 430 g/mol. The zero-order valence-electron chi connectivity index (χ0n) is 16.0. The summed E-state index contributed by atoms with van der Waals surface area (Å²) in [7, 11) is -4.12.